The van der Waals surface area contributed by atoms with Gasteiger partial charge in [0.2, 0.25) is 0 Å². The number of likely N-dealkylation sites (N-methyl/N-ethyl adjacent to an activating group) is 1. The van der Waals surface area contributed by atoms with Crippen LogP contribution in [0.5, 0.6) is 5.75 Å². The van der Waals surface area contributed by atoms with Crippen LogP contribution in [0.2, 0.25) is 0 Å². The fourth-order valence-electron chi connectivity index (χ4n) is 2.77. The lowest BCUT2D eigenvalue weighted by atomic mass is 10.0. The molecule has 0 spiro atoms. The molecular formula is C16H26N2O. The van der Waals surface area contributed by atoms with Crippen LogP contribution in [0.1, 0.15) is 24.5 Å². The molecule has 1 unspecified atom stereocenters. The molecule has 3 heteroatoms. The van der Waals surface area contributed by atoms with Crippen molar-refractivity contribution in [1.82, 2.24) is 10.2 Å². The molecule has 1 aliphatic heterocycles. The summed E-state index contributed by atoms with van der Waals surface area (Å²) in [4.78, 5) is 2.48. The number of rotatable bonds is 6. The van der Waals surface area contributed by atoms with E-state index in [1.807, 2.05) is 0 Å². The molecule has 1 heterocycles. The monoisotopic (exact) mass is 262 g/mol. The first-order valence-electron chi connectivity index (χ1n) is 7.31. The minimum atomic E-state index is 0.712. The molecule has 0 radical (unpaired) electrons. The van der Waals surface area contributed by atoms with Crippen molar-refractivity contribution in [3.05, 3.63) is 29.3 Å². The Labute approximate surface area is 116 Å². The van der Waals surface area contributed by atoms with E-state index >= 15 is 0 Å². The van der Waals surface area contributed by atoms with Gasteiger partial charge in [-0.2, -0.15) is 0 Å². The van der Waals surface area contributed by atoms with Crippen LogP contribution in [-0.4, -0.2) is 44.7 Å². The van der Waals surface area contributed by atoms with E-state index in [1.165, 1.54) is 17.5 Å². The number of methoxy groups -OCH3 is 1. The SMILES string of the molecule is CCc1cc(CCN(C)C2CCNC2)ccc1OC. The molecule has 0 aromatic heterocycles. The molecule has 3 nitrogen and oxygen atoms in total. The van der Waals surface area contributed by atoms with E-state index in [2.05, 4.69) is 42.4 Å². The third-order valence-corrected chi connectivity index (χ3v) is 4.14. The highest BCUT2D eigenvalue weighted by atomic mass is 16.5. The summed E-state index contributed by atoms with van der Waals surface area (Å²) in [5.74, 6) is 1.01. The first kappa shape index (κ1) is 14.4. The molecule has 106 valence electrons. The summed E-state index contributed by atoms with van der Waals surface area (Å²) in [7, 11) is 3.98. The fourth-order valence-corrected chi connectivity index (χ4v) is 2.77. The van der Waals surface area contributed by atoms with Crippen LogP contribution >= 0.6 is 0 Å². The zero-order valence-electron chi connectivity index (χ0n) is 12.4. The predicted octanol–water partition coefficient (Wildman–Crippen LogP) is 2.09. The molecular weight excluding hydrogens is 236 g/mol. The third kappa shape index (κ3) is 3.71. The van der Waals surface area contributed by atoms with Crippen molar-refractivity contribution < 1.29 is 4.74 Å². The van der Waals surface area contributed by atoms with Crippen LogP contribution in [0.15, 0.2) is 18.2 Å². The number of hydrogen-bond acceptors (Lipinski definition) is 3. The van der Waals surface area contributed by atoms with Crippen molar-refractivity contribution in [3.8, 4) is 5.75 Å². The van der Waals surface area contributed by atoms with Gasteiger partial charge in [0, 0.05) is 19.1 Å². The van der Waals surface area contributed by atoms with Crippen LogP contribution in [0.4, 0.5) is 0 Å². The zero-order chi connectivity index (χ0) is 13.7. The zero-order valence-corrected chi connectivity index (χ0v) is 12.4. The molecule has 1 fully saturated rings. The number of ether oxygens (including phenoxy) is 1. The Bertz CT molecular complexity index is 400. The Morgan fingerprint density at radius 3 is 2.89 bits per heavy atom. The maximum Gasteiger partial charge on any atom is 0.122 e. The summed E-state index contributed by atoms with van der Waals surface area (Å²) in [6, 6.07) is 7.30. The molecule has 2 rings (SSSR count). The molecule has 1 atom stereocenters. The number of nitrogens with one attached hydrogen (secondary N) is 1. The second kappa shape index (κ2) is 6.92. The van der Waals surface area contributed by atoms with Crippen molar-refractivity contribution in [3.63, 3.8) is 0 Å². The highest BCUT2D eigenvalue weighted by molar-refractivity contribution is 5.37. The minimum Gasteiger partial charge on any atom is -0.496 e. The molecule has 1 aliphatic rings. The van der Waals surface area contributed by atoms with Crippen molar-refractivity contribution in [2.75, 3.05) is 33.8 Å². The lowest BCUT2D eigenvalue weighted by Crippen LogP contribution is -2.34. The van der Waals surface area contributed by atoms with E-state index in [0.29, 0.717) is 6.04 Å². The summed E-state index contributed by atoms with van der Waals surface area (Å²) in [5.41, 5.74) is 2.72. The maximum atomic E-state index is 5.38. The second-order valence-corrected chi connectivity index (χ2v) is 5.38. The Morgan fingerprint density at radius 2 is 2.26 bits per heavy atom. The first-order valence-corrected chi connectivity index (χ1v) is 7.31. The maximum absolute atomic E-state index is 5.38. The van der Waals surface area contributed by atoms with Crippen LogP contribution in [0, 0.1) is 0 Å². The molecule has 0 amide bonds. The van der Waals surface area contributed by atoms with E-state index in [1.54, 1.807) is 7.11 Å². The van der Waals surface area contributed by atoms with Gasteiger partial charge >= 0.3 is 0 Å². The van der Waals surface area contributed by atoms with E-state index in [4.69, 9.17) is 4.74 Å². The average molecular weight is 262 g/mol. The van der Waals surface area contributed by atoms with Gasteiger partial charge in [-0.15, -0.1) is 0 Å². The predicted molar refractivity (Wildman–Crippen MR) is 80.0 cm³/mol. The van der Waals surface area contributed by atoms with E-state index in [0.717, 1.165) is 38.2 Å². The Balaban J connectivity index is 1.91. The van der Waals surface area contributed by atoms with Crippen LogP contribution < -0.4 is 10.1 Å². The molecule has 1 N–H and O–H groups in total. The van der Waals surface area contributed by atoms with Gasteiger partial charge in [-0.3, -0.25) is 0 Å². The van der Waals surface area contributed by atoms with Gasteiger partial charge in [0.25, 0.3) is 0 Å². The molecule has 1 aromatic rings. The van der Waals surface area contributed by atoms with Gasteiger partial charge in [-0.25, -0.2) is 0 Å². The van der Waals surface area contributed by atoms with Gasteiger partial charge in [-0.1, -0.05) is 19.1 Å². The first-order chi connectivity index (χ1) is 9.24. The number of nitrogens with zero attached hydrogens (tertiary/aromatic N) is 1. The Kier molecular flexibility index (Phi) is 5.23. The summed E-state index contributed by atoms with van der Waals surface area (Å²) in [6.45, 7) is 5.61. The molecule has 1 saturated heterocycles. The van der Waals surface area contributed by atoms with Gasteiger partial charge in [0.1, 0.15) is 5.75 Å². The normalized spacial score (nSPS) is 19.1. The summed E-state index contributed by atoms with van der Waals surface area (Å²) in [6.07, 6.45) is 3.42. The fraction of sp³-hybridized carbons (Fsp3) is 0.625. The van der Waals surface area contributed by atoms with E-state index in [9.17, 15) is 0 Å². The van der Waals surface area contributed by atoms with Gasteiger partial charge in [0.05, 0.1) is 7.11 Å². The smallest absolute Gasteiger partial charge is 0.122 e. The highest BCUT2D eigenvalue weighted by Crippen LogP contribution is 2.21. The van der Waals surface area contributed by atoms with Crippen LogP contribution in [0.3, 0.4) is 0 Å². The number of aryl methyl sites for hydroxylation is 1. The standard InChI is InChI=1S/C16H26N2O/c1-4-14-11-13(5-6-16(14)19-3)8-10-18(2)15-7-9-17-12-15/h5-6,11,15,17H,4,7-10,12H2,1-3H3. The highest BCUT2D eigenvalue weighted by Gasteiger charge is 2.18. The Morgan fingerprint density at radius 1 is 1.42 bits per heavy atom. The lowest BCUT2D eigenvalue weighted by Gasteiger charge is -2.23. The third-order valence-electron chi connectivity index (χ3n) is 4.14. The topological polar surface area (TPSA) is 24.5 Å². The number of benzene rings is 1. The average Bonchev–Trinajstić information content (AvgIpc) is 2.98. The second-order valence-electron chi connectivity index (χ2n) is 5.38. The van der Waals surface area contributed by atoms with E-state index < -0.39 is 0 Å². The van der Waals surface area contributed by atoms with Crippen molar-refractivity contribution in [1.29, 1.82) is 0 Å². The summed E-state index contributed by atoms with van der Waals surface area (Å²) < 4.78 is 5.38. The number of hydrogen-bond donors (Lipinski definition) is 1. The largest absolute Gasteiger partial charge is 0.496 e. The van der Waals surface area contributed by atoms with Gasteiger partial charge in [0.15, 0.2) is 0 Å². The quantitative estimate of drug-likeness (QED) is 0.849. The molecule has 0 bridgehead atoms. The van der Waals surface area contributed by atoms with Crippen molar-refractivity contribution >= 4 is 0 Å². The minimum absolute atomic E-state index is 0.712. The lowest BCUT2D eigenvalue weighted by molar-refractivity contribution is 0.260. The van der Waals surface area contributed by atoms with Gasteiger partial charge in [-0.05, 0) is 50.0 Å². The van der Waals surface area contributed by atoms with Crippen molar-refractivity contribution in [2.45, 2.75) is 32.2 Å². The summed E-state index contributed by atoms with van der Waals surface area (Å²) >= 11 is 0. The molecule has 0 saturated carbocycles. The van der Waals surface area contributed by atoms with Crippen molar-refractivity contribution in [2.24, 2.45) is 0 Å². The Hall–Kier alpha value is -1.06. The molecule has 0 aliphatic carbocycles. The van der Waals surface area contributed by atoms with Crippen LogP contribution in [0.25, 0.3) is 0 Å². The summed E-state index contributed by atoms with van der Waals surface area (Å²) in [5, 5.41) is 3.43. The molecule has 19 heavy (non-hydrogen) atoms. The molecule has 1 aromatic carbocycles. The van der Waals surface area contributed by atoms with Gasteiger partial charge < -0.3 is 15.0 Å². The van der Waals surface area contributed by atoms with E-state index in [-0.39, 0.29) is 0 Å². The van der Waals surface area contributed by atoms with Crippen LogP contribution in [-0.2, 0) is 12.8 Å².